The molecule has 0 aliphatic rings. The van der Waals surface area contributed by atoms with E-state index in [9.17, 15) is 13.5 Å². The quantitative estimate of drug-likeness (QED) is 0.0722. The molecule has 0 heterocycles. The van der Waals surface area contributed by atoms with Crippen molar-refractivity contribution in [1.29, 1.82) is 0 Å². The minimum absolute atomic E-state index is 0.132. The third kappa shape index (κ3) is 12.5. The molecule has 0 aromatic heterocycles. The zero-order valence-electron chi connectivity index (χ0n) is 35.0. The van der Waals surface area contributed by atoms with Gasteiger partial charge in [-0.2, -0.15) is 0 Å². The van der Waals surface area contributed by atoms with E-state index in [2.05, 4.69) is 41.3 Å². The molecule has 0 bridgehead atoms. The van der Waals surface area contributed by atoms with Crippen molar-refractivity contribution in [1.82, 2.24) is 9.21 Å². The molecule has 10 heteroatoms. The number of aliphatic hydroxyl groups excluding tert-OH is 1. The van der Waals surface area contributed by atoms with Crippen LogP contribution in [0.5, 0.6) is 17.2 Å². The molecule has 0 aliphatic heterocycles. The summed E-state index contributed by atoms with van der Waals surface area (Å²) in [6.07, 6.45) is 0. The normalized spacial score (nSPS) is 12.3. The van der Waals surface area contributed by atoms with Crippen LogP contribution in [0, 0.1) is 0 Å². The molecule has 1 radical (unpaired) electrons. The second-order valence-corrected chi connectivity index (χ2v) is 22.1. The van der Waals surface area contributed by atoms with Crippen LogP contribution in [0.1, 0.15) is 50.9 Å². The molecule has 0 saturated carbocycles. The van der Waals surface area contributed by atoms with Crippen molar-refractivity contribution < 1.29 is 27.7 Å². The summed E-state index contributed by atoms with van der Waals surface area (Å²) < 4.78 is 47.4. The van der Waals surface area contributed by atoms with Gasteiger partial charge >= 0.3 is 289 Å². The fourth-order valence-electron chi connectivity index (χ4n) is 7.14. The SMILES string of the molecule is CN(C)S(=O)(=O)[As]c1cc(C(CO)N(Cc2ccccc2)CC(c2ccc(OCc3ccccc3)cc2)c2ccc(OCc3ccccc3)cc2)ccc1OCc1ccccc1. The Kier molecular flexibility index (Phi) is 15.7. The van der Waals surface area contributed by atoms with Crippen LogP contribution < -0.4 is 18.6 Å². The molecule has 0 saturated heterocycles. The van der Waals surface area contributed by atoms with E-state index in [1.807, 2.05) is 152 Å². The Morgan fingerprint density at radius 2 is 0.952 bits per heavy atom. The third-order valence-electron chi connectivity index (χ3n) is 10.6. The molecule has 62 heavy (non-hydrogen) atoms. The first-order valence-electron chi connectivity index (χ1n) is 20.6. The summed E-state index contributed by atoms with van der Waals surface area (Å²) in [4.78, 5) is 2.29. The fraction of sp³-hybridized carbons (Fsp3) is 0.192. The molecule has 1 atom stereocenters. The first kappa shape index (κ1) is 44.4. The van der Waals surface area contributed by atoms with Crippen molar-refractivity contribution in [3.8, 4) is 17.2 Å². The maximum absolute atomic E-state index is 13.4. The summed E-state index contributed by atoms with van der Waals surface area (Å²) in [6, 6.07) is 62.0. The van der Waals surface area contributed by atoms with Crippen LogP contribution in [0.2, 0.25) is 0 Å². The number of rotatable bonds is 21. The predicted molar refractivity (Wildman–Crippen MR) is 248 cm³/mol. The van der Waals surface area contributed by atoms with Crippen molar-refractivity contribution in [2.45, 2.75) is 38.3 Å². The summed E-state index contributed by atoms with van der Waals surface area (Å²) >= 11 is -1.37. The average Bonchev–Trinajstić information content (AvgIpc) is 3.31. The van der Waals surface area contributed by atoms with Gasteiger partial charge in [0.2, 0.25) is 0 Å². The second kappa shape index (κ2) is 21.9. The molecule has 1 N–H and O–H groups in total. The van der Waals surface area contributed by atoms with Gasteiger partial charge in [0.25, 0.3) is 0 Å². The Morgan fingerprint density at radius 1 is 0.532 bits per heavy atom. The van der Waals surface area contributed by atoms with E-state index in [-0.39, 0.29) is 12.5 Å². The van der Waals surface area contributed by atoms with E-state index in [0.29, 0.717) is 43.0 Å². The first-order valence-corrected chi connectivity index (χ1v) is 25.3. The van der Waals surface area contributed by atoms with E-state index in [0.717, 1.165) is 50.4 Å². The van der Waals surface area contributed by atoms with Gasteiger partial charge in [-0.15, -0.1) is 0 Å². The Balaban J connectivity index is 1.23. The van der Waals surface area contributed by atoms with Crippen molar-refractivity contribution in [3.63, 3.8) is 0 Å². The van der Waals surface area contributed by atoms with Gasteiger partial charge in [-0.25, -0.2) is 0 Å². The third-order valence-corrected chi connectivity index (χ3v) is 17.4. The van der Waals surface area contributed by atoms with Crippen molar-refractivity contribution in [3.05, 3.63) is 227 Å². The topological polar surface area (TPSA) is 88.5 Å². The Bertz CT molecular complexity index is 2440. The van der Waals surface area contributed by atoms with Gasteiger partial charge in [-0.05, 0) is 11.1 Å². The zero-order chi connectivity index (χ0) is 43.2. The van der Waals surface area contributed by atoms with Crippen molar-refractivity contribution in [2.75, 3.05) is 27.2 Å². The van der Waals surface area contributed by atoms with Crippen LogP contribution >= 0.6 is 0 Å². The summed E-state index contributed by atoms with van der Waals surface area (Å²) in [6.45, 7) is 2.09. The number of nitrogens with zero attached hydrogens (tertiary/aromatic N) is 2. The second-order valence-electron chi connectivity index (χ2n) is 15.2. The van der Waals surface area contributed by atoms with Gasteiger partial charge in [-0.1, -0.05) is 60.7 Å². The molecule has 7 aromatic rings. The van der Waals surface area contributed by atoms with E-state index >= 15 is 0 Å². The van der Waals surface area contributed by atoms with Crippen LogP contribution in [0.4, 0.5) is 0 Å². The maximum atomic E-state index is 13.4. The molecule has 7 aromatic carbocycles. The minimum atomic E-state index is -3.56. The molecule has 0 spiro atoms. The number of hydrogen-bond donors (Lipinski definition) is 1. The Hall–Kier alpha value is -5.67. The summed E-state index contributed by atoms with van der Waals surface area (Å²) in [5.74, 6) is 1.94. The van der Waals surface area contributed by atoms with Gasteiger partial charge in [0.05, 0.1) is 0 Å². The fourth-order valence-corrected chi connectivity index (χ4v) is 11.8. The molecule has 8 nitrogen and oxygen atoms in total. The van der Waals surface area contributed by atoms with Gasteiger partial charge in [0.15, 0.2) is 0 Å². The average molecular weight is 908 g/mol. The van der Waals surface area contributed by atoms with E-state index in [4.69, 9.17) is 14.2 Å². The first-order chi connectivity index (χ1) is 30.2. The van der Waals surface area contributed by atoms with Gasteiger partial charge in [0, 0.05) is 0 Å². The van der Waals surface area contributed by atoms with E-state index < -0.39 is 28.9 Å². The number of ether oxygens (including phenoxy) is 3. The Morgan fingerprint density at radius 3 is 1.39 bits per heavy atom. The molecule has 0 amide bonds. The predicted octanol–water partition coefficient (Wildman–Crippen LogP) is 8.93. The summed E-state index contributed by atoms with van der Waals surface area (Å²) in [5, 5.41) is 11.4. The summed E-state index contributed by atoms with van der Waals surface area (Å²) in [5.41, 5.74) is 7.22. The molecule has 0 aliphatic carbocycles. The number of benzene rings is 7. The van der Waals surface area contributed by atoms with Crippen LogP contribution in [-0.2, 0) is 34.7 Å². The van der Waals surface area contributed by atoms with Crippen molar-refractivity contribution >= 4 is 27.2 Å². The standard InChI is InChI=1S/C52H52AsN2O6S/c1-54(2)62(57,58)53-50-33-46(27-32-52(50)61-39-43-21-13-6-14-22-43)51(36-56)55(34-40-15-7-3-8-16-40)35-49(44-23-28-47(29-24-44)59-37-41-17-9-4-10-18-41)45-25-30-48(31-26-45)60-38-42-19-11-5-12-20-42/h3-33,49,51,56H,34-39H2,1-2H3. The van der Waals surface area contributed by atoms with Gasteiger partial charge in [-0.3, -0.25) is 0 Å². The zero-order valence-corrected chi connectivity index (χ0v) is 37.7. The molecular formula is C52H52AsN2O6S. The van der Waals surface area contributed by atoms with Crippen LogP contribution in [0.15, 0.2) is 188 Å². The molecular weight excluding hydrogens is 856 g/mol. The monoisotopic (exact) mass is 907 g/mol. The van der Waals surface area contributed by atoms with E-state index in [1.54, 1.807) is 14.1 Å². The molecule has 7 rings (SSSR count). The van der Waals surface area contributed by atoms with Crippen LogP contribution in [0.3, 0.4) is 0 Å². The van der Waals surface area contributed by atoms with Crippen LogP contribution in [0.25, 0.3) is 0 Å². The van der Waals surface area contributed by atoms with Gasteiger partial charge in [0.1, 0.15) is 13.2 Å². The van der Waals surface area contributed by atoms with Gasteiger partial charge < -0.3 is 0 Å². The number of aliphatic hydroxyl groups is 1. The van der Waals surface area contributed by atoms with Crippen molar-refractivity contribution in [2.24, 2.45) is 0 Å². The van der Waals surface area contributed by atoms with E-state index in [1.165, 1.54) is 4.31 Å². The molecule has 317 valence electrons. The molecule has 1 unspecified atom stereocenters. The number of hydrogen-bond acceptors (Lipinski definition) is 7. The van der Waals surface area contributed by atoms with Crippen LogP contribution in [-0.4, -0.2) is 64.6 Å². The molecule has 0 fully saturated rings. The Labute approximate surface area is 372 Å². The summed E-state index contributed by atoms with van der Waals surface area (Å²) in [7, 11) is -0.449.